The number of ether oxygens (including phenoxy) is 1. The number of carbonyl (C=O) groups excluding carboxylic acids is 1. The number of nitrogens with zero attached hydrogens (tertiary/aromatic N) is 4. The summed E-state index contributed by atoms with van der Waals surface area (Å²) in [4.78, 5) is 19.3. The number of benzene rings is 1. The molecule has 148 valence electrons. The highest BCUT2D eigenvalue weighted by atomic mass is 32.1. The van der Waals surface area contributed by atoms with E-state index in [-0.39, 0.29) is 5.91 Å². The molecule has 3 rings (SSSR count). The number of rotatable bonds is 9. The zero-order valence-corrected chi connectivity index (χ0v) is 17.2. The van der Waals surface area contributed by atoms with Gasteiger partial charge in [-0.1, -0.05) is 13.8 Å². The summed E-state index contributed by atoms with van der Waals surface area (Å²) in [6, 6.07) is 7.62. The summed E-state index contributed by atoms with van der Waals surface area (Å²) in [7, 11) is 1.63. The van der Waals surface area contributed by atoms with Crippen LogP contribution >= 0.6 is 11.3 Å². The number of nitrogens with one attached hydrogen (secondary N) is 1. The molecule has 0 fully saturated rings. The fourth-order valence-electron chi connectivity index (χ4n) is 2.77. The Bertz CT molecular complexity index is 899. The van der Waals surface area contributed by atoms with Crippen molar-refractivity contribution in [1.29, 1.82) is 0 Å². The van der Waals surface area contributed by atoms with Gasteiger partial charge in [-0.25, -0.2) is 4.98 Å². The van der Waals surface area contributed by atoms with Gasteiger partial charge in [-0.15, -0.1) is 11.3 Å². The molecule has 1 N–H and O–H groups in total. The van der Waals surface area contributed by atoms with Gasteiger partial charge in [-0.05, 0) is 37.4 Å². The van der Waals surface area contributed by atoms with Crippen LogP contribution in [-0.2, 0) is 6.54 Å². The average molecular weight is 400 g/mol. The first-order valence-corrected chi connectivity index (χ1v) is 10.2. The normalized spacial score (nSPS) is 11.0. The first-order chi connectivity index (χ1) is 13.6. The van der Waals surface area contributed by atoms with Crippen LogP contribution in [0.2, 0.25) is 0 Å². The molecule has 2 aromatic heterocycles. The molecule has 0 spiro atoms. The molecule has 0 aliphatic rings. The fourth-order valence-corrected chi connectivity index (χ4v) is 3.58. The molecule has 0 aliphatic carbocycles. The highest BCUT2D eigenvalue weighted by molar-refractivity contribution is 7.13. The lowest BCUT2D eigenvalue weighted by atomic mass is 10.2. The Balaban J connectivity index is 1.60. The molecular weight excluding hydrogens is 374 g/mol. The summed E-state index contributed by atoms with van der Waals surface area (Å²) in [5, 5.41) is 9.74. The van der Waals surface area contributed by atoms with Crippen LogP contribution in [0.1, 0.15) is 24.3 Å². The molecular formula is C20H25N5O2S. The second-order valence-electron chi connectivity index (χ2n) is 6.24. The van der Waals surface area contributed by atoms with E-state index in [4.69, 9.17) is 4.74 Å². The van der Waals surface area contributed by atoms with E-state index in [1.54, 1.807) is 18.7 Å². The van der Waals surface area contributed by atoms with Crippen LogP contribution in [0.5, 0.6) is 5.75 Å². The Morgan fingerprint density at radius 1 is 1.25 bits per heavy atom. The van der Waals surface area contributed by atoms with E-state index in [0.717, 1.165) is 42.5 Å². The molecule has 1 amide bonds. The van der Waals surface area contributed by atoms with E-state index in [1.807, 2.05) is 35.1 Å². The van der Waals surface area contributed by atoms with Gasteiger partial charge in [0.15, 0.2) is 0 Å². The molecule has 8 heteroatoms. The minimum Gasteiger partial charge on any atom is -0.497 e. The third-order valence-corrected chi connectivity index (χ3v) is 5.40. The minimum absolute atomic E-state index is 0.237. The Labute approximate surface area is 169 Å². The molecule has 0 aliphatic heterocycles. The third kappa shape index (κ3) is 4.96. The van der Waals surface area contributed by atoms with E-state index in [1.165, 1.54) is 11.3 Å². The molecule has 2 heterocycles. The molecule has 0 atom stereocenters. The minimum atomic E-state index is -0.237. The lowest BCUT2D eigenvalue weighted by Crippen LogP contribution is -2.27. The largest absolute Gasteiger partial charge is 0.497 e. The quantitative estimate of drug-likeness (QED) is 0.595. The first kappa shape index (κ1) is 20.0. The number of methoxy groups -OCH3 is 1. The number of anilines is 1. The van der Waals surface area contributed by atoms with Gasteiger partial charge in [0.05, 0.1) is 25.5 Å². The number of thiazole rings is 1. The van der Waals surface area contributed by atoms with E-state index < -0.39 is 0 Å². The Kier molecular flexibility index (Phi) is 6.78. The van der Waals surface area contributed by atoms with E-state index in [0.29, 0.717) is 11.4 Å². The summed E-state index contributed by atoms with van der Waals surface area (Å²) in [6.45, 7) is 8.04. The van der Waals surface area contributed by atoms with Gasteiger partial charge in [0.25, 0.3) is 5.91 Å². The standard InChI is InChI=1S/C20H25N5O2S/c1-4-24(5-2)10-11-25-13-16(12-21-25)22-19(26)18-14-28-20(23-18)15-6-8-17(27-3)9-7-15/h6-9,12-14H,4-5,10-11H2,1-3H3,(H,22,26). The summed E-state index contributed by atoms with van der Waals surface area (Å²) < 4.78 is 7.01. The van der Waals surface area contributed by atoms with Crippen LogP contribution in [0.15, 0.2) is 42.0 Å². The van der Waals surface area contributed by atoms with Crippen LogP contribution in [0.3, 0.4) is 0 Å². The van der Waals surface area contributed by atoms with E-state index >= 15 is 0 Å². The third-order valence-electron chi connectivity index (χ3n) is 4.50. The molecule has 3 aromatic rings. The van der Waals surface area contributed by atoms with Gasteiger partial charge in [-0.3, -0.25) is 9.48 Å². The maximum absolute atomic E-state index is 12.5. The summed E-state index contributed by atoms with van der Waals surface area (Å²) in [5.74, 6) is 0.551. The van der Waals surface area contributed by atoms with Crippen molar-refractivity contribution in [3.05, 3.63) is 47.7 Å². The molecule has 0 radical (unpaired) electrons. The zero-order chi connectivity index (χ0) is 19.9. The van der Waals surface area contributed by atoms with Gasteiger partial charge >= 0.3 is 0 Å². The number of hydrogen-bond acceptors (Lipinski definition) is 6. The maximum atomic E-state index is 12.5. The Morgan fingerprint density at radius 3 is 2.68 bits per heavy atom. The predicted molar refractivity (Wildman–Crippen MR) is 112 cm³/mol. The van der Waals surface area contributed by atoms with Gasteiger partial charge in [0.2, 0.25) is 0 Å². The average Bonchev–Trinajstić information content (AvgIpc) is 3.39. The first-order valence-electron chi connectivity index (χ1n) is 9.29. The fraction of sp³-hybridized carbons (Fsp3) is 0.350. The molecule has 28 heavy (non-hydrogen) atoms. The number of likely N-dealkylation sites (N-methyl/N-ethyl adjacent to an activating group) is 1. The van der Waals surface area contributed by atoms with Gasteiger partial charge in [0, 0.05) is 23.7 Å². The smallest absolute Gasteiger partial charge is 0.275 e. The van der Waals surface area contributed by atoms with Crippen molar-refractivity contribution in [2.45, 2.75) is 20.4 Å². The van der Waals surface area contributed by atoms with Gasteiger partial charge in [-0.2, -0.15) is 5.10 Å². The maximum Gasteiger partial charge on any atom is 0.275 e. The van der Waals surface area contributed by atoms with Crippen LogP contribution in [0.4, 0.5) is 5.69 Å². The van der Waals surface area contributed by atoms with E-state index in [2.05, 4.69) is 34.1 Å². The number of aromatic nitrogens is 3. The monoisotopic (exact) mass is 399 g/mol. The van der Waals surface area contributed by atoms with Crippen molar-refractivity contribution < 1.29 is 9.53 Å². The topological polar surface area (TPSA) is 72.3 Å². The summed E-state index contributed by atoms with van der Waals surface area (Å²) in [5.41, 5.74) is 2.02. The lowest BCUT2D eigenvalue weighted by Gasteiger charge is -2.17. The van der Waals surface area contributed by atoms with Gasteiger partial charge < -0.3 is 15.0 Å². The van der Waals surface area contributed by atoms with Crippen LogP contribution < -0.4 is 10.1 Å². The molecule has 0 saturated heterocycles. The molecule has 0 saturated carbocycles. The molecule has 0 bridgehead atoms. The SMILES string of the molecule is CCN(CC)CCn1cc(NC(=O)c2csc(-c3ccc(OC)cc3)n2)cn1. The molecule has 7 nitrogen and oxygen atoms in total. The number of amides is 1. The molecule has 1 aromatic carbocycles. The van der Waals surface area contributed by atoms with Crippen LogP contribution in [0.25, 0.3) is 10.6 Å². The lowest BCUT2D eigenvalue weighted by molar-refractivity contribution is 0.102. The molecule has 0 unspecified atom stereocenters. The van der Waals surface area contributed by atoms with Crippen molar-refractivity contribution in [3.63, 3.8) is 0 Å². The zero-order valence-electron chi connectivity index (χ0n) is 16.4. The van der Waals surface area contributed by atoms with Crippen LogP contribution in [-0.4, -0.2) is 52.3 Å². The van der Waals surface area contributed by atoms with Crippen molar-refractivity contribution in [1.82, 2.24) is 19.7 Å². The van der Waals surface area contributed by atoms with Gasteiger partial charge in [0.1, 0.15) is 16.5 Å². The highest BCUT2D eigenvalue weighted by Gasteiger charge is 2.13. The van der Waals surface area contributed by atoms with Crippen molar-refractivity contribution in [2.75, 3.05) is 32.1 Å². The second kappa shape index (κ2) is 9.48. The summed E-state index contributed by atoms with van der Waals surface area (Å²) >= 11 is 1.44. The predicted octanol–water partition coefficient (Wildman–Crippen LogP) is 3.61. The second-order valence-corrected chi connectivity index (χ2v) is 7.10. The van der Waals surface area contributed by atoms with E-state index in [9.17, 15) is 4.79 Å². The van der Waals surface area contributed by atoms with Crippen LogP contribution in [0, 0.1) is 0 Å². The Hall–Kier alpha value is -2.71. The Morgan fingerprint density at radius 2 is 2.00 bits per heavy atom. The van der Waals surface area contributed by atoms with Crippen molar-refractivity contribution in [2.24, 2.45) is 0 Å². The van der Waals surface area contributed by atoms with Crippen molar-refractivity contribution in [3.8, 4) is 16.3 Å². The number of carbonyl (C=O) groups is 1. The highest BCUT2D eigenvalue weighted by Crippen LogP contribution is 2.26. The summed E-state index contributed by atoms with van der Waals surface area (Å²) in [6.07, 6.45) is 3.51. The van der Waals surface area contributed by atoms with Crippen molar-refractivity contribution >= 4 is 22.9 Å². The number of hydrogen-bond donors (Lipinski definition) is 1.